The van der Waals surface area contributed by atoms with Gasteiger partial charge in [-0.1, -0.05) is 6.92 Å². The molecule has 2 unspecified atom stereocenters. The van der Waals surface area contributed by atoms with Crippen LogP contribution in [0.15, 0.2) is 0 Å². The van der Waals surface area contributed by atoms with Crippen LogP contribution in [0.5, 0.6) is 0 Å². The van der Waals surface area contributed by atoms with E-state index >= 15 is 0 Å². The van der Waals surface area contributed by atoms with E-state index in [2.05, 4.69) is 5.32 Å². The molecular weight excluding hydrogens is 186 g/mol. The maximum Gasteiger partial charge on any atom is 0.263 e. The van der Waals surface area contributed by atoms with Gasteiger partial charge < -0.3 is 5.32 Å². The molecule has 82 valence electrons. The van der Waals surface area contributed by atoms with Crippen LogP contribution < -0.4 is 5.32 Å². The van der Waals surface area contributed by atoms with Crippen LogP contribution in [0.3, 0.4) is 0 Å². The molecular formula is C10H18F2N2. The van der Waals surface area contributed by atoms with Gasteiger partial charge in [-0.25, -0.2) is 8.78 Å². The molecule has 0 aromatic heterocycles. The smallest absolute Gasteiger partial charge is 0.263 e. The molecule has 0 aliphatic carbocycles. The average molecular weight is 204 g/mol. The minimum absolute atomic E-state index is 0.0412. The van der Waals surface area contributed by atoms with Gasteiger partial charge >= 0.3 is 0 Å². The lowest BCUT2D eigenvalue weighted by atomic mass is 9.93. The summed E-state index contributed by atoms with van der Waals surface area (Å²) < 4.78 is 26.9. The highest BCUT2D eigenvalue weighted by molar-refractivity contribution is 4.90. The van der Waals surface area contributed by atoms with E-state index in [0.717, 1.165) is 26.1 Å². The molecule has 1 N–H and O–H groups in total. The van der Waals surface area contributed by atoms with Crippen molar-refractivity contribution in [1.82, 2.24) is 10.2 Å². The van der Waals surface area contributed by atoms with E-state index in [0.29, 0.717) is 12.5 Å². The second-order valence-corrected chi connectivity index (χ2v) is 4.57. The summed E-state index contributed by atoms with van der Waals surface area (Å²) in [5.41, 5.74) is 0. The van der Waals surface area contributed by atoms with Crippen molar-refractivity contribution < 1.29 is 8.78 Å². The standard InChI is InChI=1S/C10H18F2N2/c1-8-3-5-14(7-10(8,11)12)9-2-4-13-6-9/h8-9,13H,2-7H2,1H3. The lowest BCUT2D eigenvalue weighted by Gasteiger charge is -2.39. The Balaban J connectivity index is 1.95. The maximum atomic E-state index is 13.4. The first-order valence-electron chi connectivity index (χ1n) is 5.42. The molecule has 14 heavy (non-hydrogen) atoms. The van der Waals surface area contributed by atoms with Crippen molar-refractivity contribution >= 4 is 0 Å². The predicted octanol–water partition coefficient (Wildman–Crippen LogP) is 1.33. The minimum atomic E-state index is -2.49. The van der Waals surface area contributed by atoms with Crippen molar-refractivity contribution in [3.63, 3.8) is 0 Å². The number of likely N-dealkylation sites (tertiary alicyclic amines) is 1. The van der Waals surface area contributed by atoms with E-state index in [9.17, 15) is 8.78 Å². The third kappa shape index (κ3) is 1.91. The van der Waals surface area contributed by atoms with Gasteiger partial charge in [0.25, 0.3) is 5.92 Å². The van der Waals surface area contributed by atoms with Crippen LogP contribution in [0.4, 0.5) is 8.78 Å². The molecule has 0 amide bonds. The summed E-state index contributed by atoms with van der Waals surface area (Å²) in [6.07, 6.45) is 1.65. The van der Waals surface area contributed by atoms with Crippen LogP contribution in [-0.2, 0) is 0 Å². The predicted molar refractivity (Wildman–Crippen MR) is 51.6 cm³/mol. The van der Waals surface area contributed by atoms with E-state index in [4.69, 9.17) is 0 Å². The molecule has 2 atom stereocenters. The molecule has 0 spiro atoms. The number of alkyl halides is 2. The van der Waals surface area contributed by atoms with E-state index in [1.807, 2.05) is 4.90 Å². The van der Waals surface area contributed by atoms with Crippen LogP contribution in [0, 0.1) is 5.92 Å². The first kappa shape index (κ1) is 10.3. The largest absolute Gasteiger partial charge is 0.315 e. The summed E-state index contributed by atoms with van der Waals surface area (Å²) in [4.78, 5) is 1.96. The Labute approximate surface area is 83.7 Å². The fourth-order valence-electron chi connectivity index (χ4n) is 2.34. The Morgan fingerprint density at radius 1 is 1.36 bits per heavy atom. The van der Waals surface area contributed by atoms with Gasteiger partial charge in [0.15, 0.2) is 0 Å². The van der Waals surface area contributed by atoms with Crippen molar-refractivity contribution in [3.05, 3.63) is 0 Å². The zero-order valence-corrected chi connectivity index (χ0v) is 8.60. The van der Waals surface area contributed by atoms with Crippen molar-refractivity contribution in [2.45, 2.75) is 31.7 Å². The minimum Gasteiger partial charge on any atom is -0.315 e. The van der Waals surface area contributed by atoms with Crippen molar-refractivity contribution in [3.8, 4) is 0 Å². The number of piperidine rings is 1. The van der Waals surface area contributed by atoms with Crippen LogP contribution >= 0.6 is 0 Å². The average Bonchev–Trinajstić information content (AvgIpc) is 2.62. The molecule has 2 nitrogen and oxygen atoms in total. The number of hydrogen-bond donors (Lipinski definition) is 1. The highest BCUT2D eigenvalue weighted by atomic mass is 19.3. The molecule has 4 heteroatoms. The van der Waals surface area contributed by atoms with Crippen molar-refractivity contribution in [1.29, 1.82) is 0 Å². The van der Waals surface area contributed by atoms with Gasteiger partial charge in [-0.3, -0.25) is 4.90 Å². The normalized spacial score (nSPS) is 38.8. The van der Waals surface area contributed by atoms with Gasteiger partial charge in [0.2, 0.25) is 0 Å². The van der Waals surface area contributed by atoms with Gasteiger partial charge in [-0.2, -0.15) is 0 Å². The topological polar surface area (TPSA) is 15.3 Å². The Morgan fingerprint density at radius 3 is 2.71 bits per heavy atom. The zero-order chi connectivity index (χ0) is 10.2. The summed E-state index contributed by atoms with van der Waals surface area (Å²) in [5.74, 6) is -2.94. The van der Waals surface area contributed by atoms with Gasteiger partial charge in [0, 0.05) is 18.5 Å². The van der Waals surface area contributed by atoms with E-state index in [1.165, 1.54) is 0 Å². The van der Waals surface area contributed by atoms with Gasteiger partial charge in [-0.05, 0) is 25.9 Å². The van der Waals surface area contributed by atoms with Crippen LogP contribution in [-0.4, -0.2) is 43.0 Å². The monoisotopic (exact) mass is 204 g/mol. The third-order valence-electron chi connectivity index (χ3n) is 3.53. The Kier molecular flexibility index (Phi) is 2.75. The molecule has 0 radical (unpaired) electrons. The molecule has 0 bridgehead atoms. The summed E-state index contributed by atoms with van der Waals surface area (Å²) in [7, 11) is 0. The highest BCUT2D eigenvalue weighted by Crippen LogP contribution is 2.33. The van der Waals surface area contributed by atoms with Crippen molar-refractivity contribution in [2.75, 3.05) is 26.2 Å². The molecule has 2 aliphatic heterocycles. The van der Waals surface area contributed by atoms with Gasteiger partial charge in [0.05, 0.1) is 6.54 Å². The molecule has 2 heterocycles. The van der Waals surface area contributed by atoms with Crippen molar-refractivity contribution in [2.24, 2.45) is 5.92 Å². The van der Waals surface area contributed by atoms with E-state index in [1.54, 1.807) is 6.92 Å². The quantitative estimate of drug-likeness (QED) is 0.693. The molecule has 2 saturated heterocycles. The Hall–Kier alpha value is -0.220. The van der Waals surface area contributed by atoms with Gasteiger partial charge in [-0.15, -0.1) is 0 Å². The van der Waals surface area contributed by atoms with Crippen LogP contribution in [0.2, 0.25) is 0 Å². The zero-order valence-electron chi connectivity index (χ0n) is 8.60. The van der Waals surface area contributed by atoms with E-state index in [-0.39, 0.29) is 6.54 Å². The number of halogens is 2. The van der Waals surface area contributed by atoms with E-state index < -0.39 is 11.8 Å². The Bertz CT molecular complexity index is 202. The maximum absolute atomic E-state index is 13.4. The number of nitrogens with zero attached hydrogens (tertiary/aromatic N) is 1. The molecule has 2 aliphatic rings. The number of nitrogens with one attached hydrogen (secondary N) is 1. The summed E-state index contributed by atoms with van der Waals surface area (Å²) in [6.45, 7) is 4.31. The number of hydrogen-bond acceptors (Lipinski definition) is 2. The second kappa shape index (κ2) is 3.74. The first-order chi connectivity index (χ1) is 6.59. The summed E-state index contributed by atoms with van der Waals surface area (Å²) in [6, 6.07) is 0.341. The third-order valence-corrected chi connectivity index (χ3v) is 3.53. The van der Waals surface area contributed by atoms with Gasteiger partial charge in [0.1, 0.15) is 0 Å². The SMILES string of the molecule is CC1CCN(C2CCNC2)CC1(F)F. The fraction of sp³-hybridized carbons (Fsp3) is 1.00. The molecule has 0 saturated carbocycles. The molecule has 2 fully saturated rings. The highest BCUT2D eigenvalue weighted by Gasteiger charge is 2.43. The molecule has 0 aromatic rings. The second-order valence-electron chi connectivity index (χ2n) is 4.57. The molecule has 0 aromatic carbocycles. The fourth-order valence-corrected chi connectivity index (χ4v) is 2.34. The molecule has 2 rings (SSSR count). The summed E-state index contributed by atoms with van der Waals surface area (Å²) >= 11 is 0. The first-order valence-corrected chi connectivity index (χ1v) is 5.42. The summed E-state index contributed by atoms with van der Waals surface area (Å²) in [5, 5.41) is 3.22. The number of rotatable bonds is 1. The Morgan fingerprint density at radius 2 is 2.14 bits per heavy atom. The lowest BCUT2D eigenvalue weighted by Crippen LogP contribution is -2.51. The van der Waals surface area contributed by atoms with Crippen LogP contribution in [0.1, 0.15) is 19.8 Å². The lowest BCUT2D eigenvalue weighted by molar-refractivity contribution is -0.112. The van der Waals surface area contributed by atoms with Crippen LogP contribution in [0.25, 0.3) is 0 Å².